The van der Waals surface area contributed by atoms with Gasteiger partial charge in [-0.2, -0.15) is 0 Å². The Morgan fingerprint density at radius 1 is 1.26 bits per heavy atom. The van der Waals surface area contributed by atoms with E-state index in [2.05, 4.69) is 44.0 Å². The summed E-state index contributed by atoms with van der Waals surface area (Å²) >= 11 is 0. The van der Waals surface area contributed by atoms with Crippen molar-refractivity contribution >= 4 is 16.8 Å². The highest BCUT2D eigenvalue weighted by molar-refractivity contribution is 5.98. The fourth-order valence-corrected chi connectivity index (χ4v) is 4.33. The highest BCUT2D eigenvalue weighted by atomic mass is 16.6. The molecule has 2 saturated heterocycles. The van der Waals surface area contributed by atoms with E-state index in [1.807, 2.05) is 24.8 Å². The van der Waals surface area contributed by atoms with Crippen LogP contribution in [0.5, 0.6) is 0 Å². The van der Waals surface area contributed by atoms with Crippen LogP contribution in [-0.2, 0) is 14.9 Å². The van der Waals surface area contributed by atoms with Gasteiger partial charge in [-0.1, -0.05) is 32.9 Å². The summed E-state index contributed by atoms with van der Waals surface area (Å²) in [5.74, 6) is 0.0390. The smallest absolute Gasteiger partial charge is 0.270 e. The van der Waals surface area contributed by atoms with Gasteiger partial charge in [0.25, 0.3) is 5.91 Å². The number of carbonyl (C=O) groups excluding carboxylic acids is 1. The van der Waals surface area contributed by atoms with Gasteiger partial charge in [0.2, 0.25) is 0 Å². The van der Waals surface area contributed by atoms with E-state index in [1.165, 1.54) is 5.56 Å². The number of aromatic nitrogens is 1. The van der Waals surface area contributed by atoms with Crippen LogP contribution in [0.15, 0.2) is 24.3 Å². The Balaban J connectivity index is 1.62. The van der Waals surface area contributed by atoms with Gasteiger partial charge in [-0.05, 0) is 37.0 Å². The second kappa shape index (κ2) is 6.35. The van der Waals surface area contributed by atoms with E-state index in [4.69, 9.17) is 9.47 Å². The number of hydrogen-bond donors (Lipinski definition) is 1. The van der Waals surface area contributed by atoms with Crippen LogP contribution in [0.4, 0.5) is 0 Å². The van der Waals surface area contributed by atoms with Crippen LogP contribution in [-0.4, -0.2) is 53.3 Å². The van der Waals surface area contributed by atoms with Crippen LogP contribution < -0.4 is 0 Å². The van der Waals surface area contributed by atoms with Crippen molar-refractivity contribution in [2.45, 2.75) is 64.3 Å². The van der Waals surface area contributed by atoms with Gasteiger partial charge in [0.05, 0.1) is 18.8 Å². The standard InChI is InChI=1S/C22H30N2O3/c1-14-12-24(13-22(27-14)8-9-26-15(22)2)20(25)19-10-16-6-7-17(21(3,4)5)11-18(16)23-19/h6-7,10-11,14-15,23H,8-9,12-13H2,1-5H3. The van der Waals surface area contributed by atoms with Crippen molar-refractivity contribution < 1.29 is 14.3 Å². The third kappa shape index (κ3) is 3.27. The van der Waals surface area contributed by atoms with Gasteiger partial charge < -0.3 is 19.4 Å². The lowest BCUT2D eigenvalue weighted by atomic mass is 9.87. The maximum atomic E-state index is 13.2. The van der Waals surface area contributed by atoms with Crippen molar-refractivity contribution in [3.05, 3.63) is 35.5 Å². The van der Waals surface area contributed by atoms with Crippen LogP contribution in [0.3, 0.4) is 0 Å². The van der Waals surface area contributed by atoms with Crippen molar-refractivity contribution in [1.29, 1.82) is 0 Å². The van der Waals surface area contributed by atoms with Gasteiger partial charge in [-0.15, -0.1) is 0 Å². The number of morpholine rings is 1. The Kier molecular flexibility index (Phi) is 4.35. The summed E-state index contributed by atoms with van der Waals surface area (Å²) < 4.78 is 12.0. The number of benzene rings is 1. The molecule has 1 aromatic heterocycles. The molecule has 4 rings (SSSR count). The monoisotopic (exact) mass is 370 g/mol. The zero-order valence-corrected chi connectivity index (χ0v) is 17.0. The number of nitrogens with one attached hydrogen (secondary N) is 1. The molecule has 1 N–H and O–H groups in total. The Hall–Kier alpha value is -1.85. The minimum atomic E-state index is -0.376. The lowest BCUT2D eigenvalue weighted by Gasteiger charge is -2.45. The summed E-state index contributed by atoms with van der Waals surface area (Å²) in [6, 6.07) is 8.36. The molecule has 1 aromatic carbocycles. The lowest BCUT2D eigenvalue weighted by molar-refractivity contribution is -0.160. The van der Waals surface area contributed by atoms with Crippen molar-refractivity contribution in [2.75, 3.05) is 19.7 Å². The predicted octanol–water partition coefficient (Wildman–Crippen LogP) is 3.87. The van der Waals surface area contributed by atoms with Crippen molar-refractivity contribution in [3.8, 4) is 0 Å². The Bertz CT molecular complexity index is 866. The Labute approximate surface area is 161 Å². The van der Waals surface area contributed by atoms with Crippen molar-refractivity contribution in [2.24, 2.45) is 0 Å². The average molecular weight is 370 g/mol. The van der Waals surface area contributed by atoms with E-state index in [0.717, 1.165) is 17.3 Å². The van der Waals surface area contributed by atoms with Crippen LogP contribution in [0.25, 0.3) is 10.9 Å². The molecule has 5 nitrogen and oxygen atoms in total. The van der Waals surface area contributed by atoms with E-state index in [9.17, 15) is 4.79 Å². The molecule has 3 heterocycles. The molecule has 27 heavy (non-hydrogen) atoms. The number of carbonyl (C=O) groups is 1. The van der Waals surface area contributed by atoms with Crippen LogP contribution in [0.1, 0.15) is 57.1 Å². The zero-order chi connectivity index (χ0) is 19.4. The predicted molar refractivity (Wildman–Crippen MR) is 106 cm³/mol. The molecule has 1 amide bonds. The average Bonchev–Trinajstić information content (AvgIpc) is 3.16. The summed E-state index contributed by atoms with van der Waals surface area (Å²) in [4.78, 5) is 18.5. The fraction of sp³-hybridized carbons (Fsp3) is 0.591. The molecule has 0 bridgehead atoms. The van der Waals surface area contributed by atoms with Crippen molar-refractivity contribution in [3.63, 3.8) is 0 Å². The summed E-state index contributed by atoms with van der Waals surface area (Å²) in [7, 11) is 0. The number of amides is 1. The number of rotatable bonds is 1. The van der Waals surface area contributed by atoms with Gasteiger partial charge in [0, 0.05) is 30.5 Å². The summed E-state index contributed by atoms with van der Waals surface area (Å²) in [5, 5.41) is 1.07. The van der Waals surface area contributed by atoms with E-state index in [-0.39, 0.29) is 29.1 Å². The van der Waals surface area contributed by atoms with Gasteiger partial charge in [-0.25, -0.2) is 0 Å². The molecule has 2 aliphatic rings. The van der Waals surface area contributed by atoms with Gasteiger partial charge in [0.15, 0.2) is 0 Å². The molecule has 5 heteroatoms. The molecule has 3 atom stereocenters. The first-order valence-electron chi connectivity index (χ1n) is 9.90. The molecule has 146 valence electrons. The molecule has 0 aliphatic carbocycles. The van der Waals surface area contributed by atoms with Gasteiger partial charge in [-0.3, -0.25) is 4.79 Å². The molecule has 2 fully saturated rings. The highest BCUT2D eigenvalue weighted by Crippen LogP contribution is 2.35. The third-order valence-corrected chi connectivity index (χ3v) is 6.01. The van der Waals surface area contributed by atoms with Gasteiger partial charge in [0.1, 0.15) is 11.3 Å². The molecule has 2 aliphatic heterocycles. The van der Waals surface area contributed by atoms with E-state index in [1.54, 1.807) is 0 Å². The molecular weight excluding hydrogens is 340 g/mol. The largest absolute Gasteiger partial charge is 0.375 e. The maximum Gasteiger partial charge on any atom is 0.270 e. The first-order valence-corrected chi connectivity index (χ1v) is 9.90. The van der Waals surface area contributed by atoms with Crippen molar-refractivity contribution in [1.82, 2.24) is 9.88 Å². The minimum Gasteiger partial charge on any atom is -0.375 e. The minimum absolute atomic E-state index is 0.00345. The summed E-state index contributed by atoms with van der Waals surface area (Å²) in [6.45, 7) is 12.6. The van der Waals surface area contributed by atoms with E-state index in [0.29, 0.717) is 25.4 Å². The molecule has 1 spiro atoms. The first-order chi connectivity index (χ1) is 12.7. The quantitative estimate of drug-likeness (QED) is 0.829. The van der Waals surface area contributed by atoms with Crippen LogP contribution in [0, 0.1) is 0 Å². The van der Waals surface area contributed by atoms with Gasteiger partial charge >= 0.3 is 0 Å². The topological polar surface area (TPSA) is 54.6 Å². The Morgan fingerprint density at radius 2 is 2.04 bits per heavy atom. The second-order valence-corrected chi connectivity index (χ2v) is 9.18. The normalized spacial score (nSPS) is 29.0. The molecule has 0 saturated carbocycles. The third-order valence-electron chi connectivity index (χ3n) is 6.01. The number of nitrogens with zero attached hydrogens (tertiary/aromatic N) is 1. The van der Waals surface area contributed by atoms with Crippen LogP contribution in [0.2, 0.25) is 0 Å². The molecule has 0 radical (unpaired) electrons. The lowest BCUT2D eigenvalue weighted by Crippen LogP contribution is -2.59. The van der Waals surface area contributed by atoms with Crippen LogP contribution >= 0.6 is 0 Å². The number of H-pyrrole nitrogens is 1. The number of fused-ring (bicyclic) bond motifs is 1. The molecule has 2 aromatic rings. The fourth-order valence-electron chi connectivity index (χ4n) is 4.33. The molecule has 3 unspecified atom stereocenters. The molecular formula is C22H30N2O3. The van der Waals surface area contributed by atoms with E-state index >= 15 is 0 Å². The Morgan fingerprint density at radius 3 is 2.70 bits per heavy atom. The summed E-state index contributed by atoms with van der Waals surface area (Å²) in [6.07, 6.45) is 0.848. The van der Waals surface area contributed by atoms with E-state index < -0.39 is 0 Å². The SMILES string of the molecule is CC1CN(C(=O)c2cc3ccc(C(C)(C)C)cc3[nH]2)CC2(CCOC2C)O1. The summed E-state index contributed by atoms with van der Waals surface area (Å²) in [5.41, 5.74) is 2.62. The highest BCUT2D eigenvalue weighted by Gasteiger charge is 2.49. The first kappa shape index (κ1) is 18.5. The number of aromatic amines is 1. The number of hydrogen-bond acceptors (Lipinski definition) is 3. The number of ether oxygens (including phenoxy) is 2. The maximum absolute atomic E-state index is 13.2. The zero-order valence-electron chi connectivity index (χ0n) is 17.0. The second-order valence-electron chi connectivity index (χ2n) is 9.18.